The molecule has 1 aliphatic carbocycles. The fourth-order valence-corrected chi connectivity index (χ4v) is 3.37. The lowest BCUT2D eigenvalue weighted by molar-refractivity contribution is 0.356. The van der Waals surface area contributed by atoms with Gasteiger partial charge in [0.25, 0.3) is 0 Å². The van der Waals surface area contributed by atoms with E-state index >= 15 is 0 Å². The highest BCUT2D eigenvalue weighted by Crippen LogP contribution is 2.29. The smallest absolute Gasteiger partial charge is 0.122 e. The molecule has 1 aliphatic heterocycles. The molecule has 2 nitrogen and oxygen atoms in total. The van der Waals surface area contributed by atoms with Crippen LogP contribution in [0.1, 0.15) is 62.6 Å². The summed E-state index contributed by atoms with van der Waals surface area (Å²) in [6, 6.07) is 7.86. The fraction of sp³-hybridized carbons (Fsp3) is 0.647. The monoisotopic (exact) mass is 259 g/mol. The number of rotatable bonds is 3. The summed E-state index contributed by atoms with van der Waals surface area (Å²) in [7, 11) is 0. The minimum Gasteiger partial charge on any atom is -0.493 e. The Morgan fingerprint density at radius 2 is 1.95 bits per heavy atom. The third-order valence-corrected chi connectivity index (χ3v) is 4.55. The van der Waals surface area contributed by atoms with E-state index in [4.69, 9.17) is 4.74 Å². The molecule has 0 aromatic heterocycles. The lowest BCUT2D eigenvalue weighted by Gasteiger charge is -2.22. The Kier molecular flexibility index (Phi) is 4.07. The molecule has 1 N–H and O–H groups in total. The van der Waals surface area contributed by atoms with Crippen LogP contribution in [0, 0.1) is 0 Å². The van der Waals surface area contributed by atoms with Crippen molar-refractivity contribution in [1.82, 2.24) is 5.32 Å². The van der Waals surface area contributed by atoms with Gasteiger partial charge in [-0.2, -0.15) is 0 Å². The van der Waals surface area contributed by atoms with E-state index in [1.807, 2.05) is 0 Å². The second-order valence-corrected chi connectivity index (χ2v) is 6.04. The van der Waals surface area contributed by atoms with Crippen LogP contribution < -0.4 is 10.1 Å². The van der Waals surface area contributed by atoms with Gasteiger partial charge in [-0.15, -0.1) is 0 Å². The van der Waals surface area contributed by atoms with E-state index in [-0.39, 0.29) is 0 Å². The molecule has 1 fully saturated rings. The second-order valence-electron chi connectivity index (χ2n) is 6.04. The van der Waals surface area contributed by atoms with E-state index in [9.17, 15) is 0 Å². The van der Waals surface area contributed by atoms with Crippen LogP contribution in [0.5, 0.6) is 5.75 Å². The molecule has 0 spiro atoms. The van der Waals surface area contributed by atoms with Crippen molar-refractivity contribution in [2.24, 2.45) is 0 Å². The van der Waals surface area contributed by atoms with E-state index in [1.54, 1.807) is 0 Å². The number of ether oxygens (including phenoxy) is 1. The van der Waals surface area contributed by atoms with Crippen LogP contribution in [0.4, 0.5) is 0 Å². The Balaban J connectivity index is 1.64. The van der Waals surface area contributed by atoms with Crippen molar-refractivity contribution < 1.29 is 4.74 Å². The third kappa shape index (κ3) is 3.11. The number of fused-ring (bicyclic) bond motifs is 1. The first-order valence-corrected chi connectivity index (χ1v) is 7.84. The average Bonchev–Trinajstić information content (AvgIpc) is 2.75. The highest BCUT2D eigenvalue weighted by atomic mass is 16.5. The summed E-state index contributed by atoms with van der Waals surface area (Å²) >= 11 is 0. The molecule has 0 bridgehead atoms. The van der Waals surface area contributed by atoms with E-state index < -0.39 is 0 Å². The first-order valence-electron chi connectivity index (χ1n) is 7.84. The number of benzene rings is 1. The lowest BCUT2D eigenvalue weighted by Crippen LogP contribution is -2.31. The summed E-state index contributed by atoms with van der Waals surface area (Å²) in [6.07, 6.45) is 9.38. The maximum Gasteiger partial charge on any atom is 0.122 e. The minimum atomic E-state index is 0.453. The molecule has 1 aromatic carbocycles. The Morgan fingerprint density at radius 1 is 1.16 bits per heavy atom. The maximum absolute atomic E-state index is 5.58. The van der Waals surface area contributed by atoms with Crippen LogP contribution in [0.2, 0.25) is 0 Å². The van der Waals surface area contributed by atoms with Gasteiger partial charge >= 0.3 is 0 Å². The molecular formula is C17H25NO. The highest BCUT2D eigenvalue weighted by Gasteiger charge is 2.18. The highest BCUT2D eigenvalue weighted by molar-refractivity contribution is 5.40. The summed E-state index contributed by atoms with van der Waals surface area (Å²) in [4.78, 5) is 0. The zero-order valence-corrected chi connectivity index (χ0v) is 12.0. The summed E-state index contributed by atoms with van der Waals surface area (Å²) < 4.78 is 5.58. The molecule has 0 amide bonds. The van der Waals surface area contributed by atoms with Crippen LogP contribution in [0.25, 0.3) is 0 Å². The Hall–Kier alpha value is -1.02. The first kappa shape index (κ1) is 13.0. The van der Waals surface area contributed by atoms with Crippen LogP contribution >= 0.6 is 0 Å². The normalized spacial score (nSPS) is 21.5. The molecule has 0 radical (unpaired) electrons. The molecule has 1 heterocycles. The molecule has 104 valence electrons. The molecule has 1 saturated carbocycles. The summed E-state index contributed by atoms with van der Waals surface area (Å²) in [5, 5.41) is 3.83. The first-order chi connectivity index (χ1) is 9.33. The second kappa shape index (κ2) is 5.96. The van der Waals surface area contributed by atoms with Gasteiger partial charge in [0, 0.05) is 18.5 Å². The van der Waals surface area contributed by atoms with Crippen molar-refractivity contribution in [3.05, 3.63) is 29.3 Å². The van der Waals surface area contributed by atoms with Gasteiger partial charge in [0.15, 0.2) is 0 Å². The number of hydrogen-bond acceptors (Lipinski definition) is 2. The number of hydrogen-bond donors (Lipinski definition) is 1. The van der Waals surface area contributed by atoms with E-state index in [1.165, 1.54) is 49.7 Å². The van der Waals surface area contributed by atoms with Gasteiger partial charge in [0.05, 0.1) is 6.61 Å². The standard InChI is InChI=1S/C17H25NO/c1-13(18-16-6-4-2-3-5-7-16)14-8-9-17-15(12-14)10-11-19-17/h8-9,12-13,16,18H,2-7,10-11H2,1H3. The number of nitrogens with one attached hydrogen (secondary N) is 1. The molecule has 0 saturated heterocycles. The van der Waals surface area contributed by atoms with Gasteiger partial charge in [-0.1, -0.05) is 37.8 Å². The zero-order valence-electron chi connectivity index (χ0n) is 12.0. The largest absolute Gasteiger partial charge is 0.493 e. The van der Waals surface area contributed by atoms with Crippen molar-refractivity contribution in [1.29, 1.82) is 0 Å². The molecule has 2 heteroatoms. The average molecular weight is 259 g/mol. The SMILES string of the molecule is CC(NC1CCCCCC1)c1ccc2c(c1)CCO2. The van der Waals surface area contributed by atoms with E-state index in [0.29, 0.717) is 12.1 Å². The van der Waals surface area contributed by atoms with Crippen molar-refractivity contribution in [2.45, 2.75) is 64.0 Å². The van der Waals surface area contributed by atoms with Gasteiger partial charge in [-0.25, -0.2) is 0 Å². The Morgan fingerprint density at radius 3 is 2.74 bits per heavy atom. The molecule has 1 aromatic rings. The lowest BCUT2D eigenvalue weighted by atomic mass is 10.0. The van der Waals surface area contributed by atoms with Crippen LogP contribution in [0.3, 0.4) is 0 Å². The Bertz CT molecular complexity index is 421. The summed E-state index contributed by atoms with van der Waals surface area (Å²) in [5.41, 5.74) is 2.79. The molecular weight excluding hydrogens is 234 g/mol. The topological polar surface area (TPSA) is 21.3 Å². The van der Waals surface area contributed by atoms with Gasteiger partial charge in [0.2, 0.25) is 0 Å². The van der Waals surface area contributed by atoms with Crippen molar-refractivity contribution in [3.63, 3.8) is 0 Å². The third-order valence-electron chi connectivity index (χ3n) is 4.55. The molecule has 19 heavy (non-hydrogen) atoms. The predicted molar refractivity (Wildman–Crippen MR) is 78.7 cm³/mol. The fourth-order valence-electron chi connectivity index (χ4n) is 3.37. The van der Waals surface area contributed by atoms with Crippen molar-refractivity contribution in [3.8, 4) is 5.75 Å². The minimum absolute atomic E-state index is 0.453. The quantitative estimate of drug-likeness (QED) is 0.829. The zero-order chi connectivity index (χ0) is 13.1. The van der Waals surface area contributed by atoms with Crippen molar-refractivity contribution in [2.75, 3.05) is 6.61 Å². The van der Waals surface area contributed by atoms with Crippen LogP contribution in [-0.2, 0) is 6.42 Å². The van der Waals surface area contributed by atoms with E-state index in [2.05, 4.69) is 30.4 Å². The summed E-state index contributed by atoms with van der Waals surface area (Å²) in [6.45, 7) is 3.14. The van der Waals surface area contributed by atoms with Gasteiger partial charge in [-0.3, -0.25) is 0 Å². The molecule has 1 atom stereocenters. The summed E-state index contributed by atoms with van der Waals surface area (Å²) in [5.74, 6) is 1.09. The molecule has 2 aliphatic rings. The molecule has 3 rings (SSSR count). The van der Waals surface area contributed by atoms with Crippen molar-refractivity contribution >= 4 is 0 Å². The van der Waals surface area contributed by atoms with Gasteiger partial charge in [-0.05, 0) is 37.0 Å². The Labute approximate surface area is 116 Å². The van der Waals surface area contributed by atoms with Gasteiger partial charge < -0.3 is 10.1 Å². The molecule has 1 unspecified atom stereocenters. The van der Waals surface area contributed by atoms with Crippen LogP contribution in [0.15, 0.2) is 18.2 Å². The van der Waals surface area contributed by atoms with Crippen LogP contribution in [-0.4, -0.2) is 12.6 Å². The van der Waals surface area contributed by atoms with Gasteiger partial charge in [0.1, 0.15) is 5.75 Å². The predicted octanol–water partition coefficient (Wildman–Crippen LogP) is 3.99. The maximum atomic E-state index is 5.58. The van der Waals surface area contributed by atoms with E-state index in [0.717, 1.165) is 18.8 Å².